The smallest absolute Gasteiger partial charge is 0.267 e. The van der Waals surface area contributed by atoms with Crippen molar-refractivity contribution in [2.24, 2.45) is 5.10 Å². The third-order valence-corrected chi connectivity index (χ3v) is 3.51. The highest BCUT2D eigenvalue weighted by Crippen LogP contribution is 2.11. The van der Waals surface area contributed by atoms with Crippen LogP contribution in [-0.4, -0.2) is 48.6 Å². The number of nitrogens with one attached hydrogen (secondary N) is 1. The van der Waals surface area contributed by atoms with Gasteiger partial charge in [-0.15, -0.1) is 0 Å². The summed E-state index contributed by atoms with van der Waals surface area (Å²) in [4.78, 5) is 25.6. The Morgan fingerprint density at radius 2 is 1.95 bits per heavy atom. The van der Waals surface area contributed by atoms with E-state index in [1.807, 2.05) is 32.3 Å². The van der Waals surface area contributed by atoms with Gasteiger partial charge in [-0.2, -0.15) is 5.10 Å². The fraction of sp³-hybridized carbons (Fsp3) is 0.438. The van der Waals surface area contributed by atoms with Crippen LogP contribution in [0.3, 0.4) is 0 Å². The van der Waals surface area contributed by atoms with E-state index in [-0.39, 0.29) is 11.8 Å². The summed E-state index contributed by atoms with van der Waals surface area (Å²) in [5, 5.41) is 8.15. The Bertz CT molecular complexity index is 596. The van der Waals surface area contributed by atoms with Crippen molar-refractivity contribution in [3.05, 3.63) is 35.4 Å². The Balaban J connectivity index is 2.00. The Kier molecular flexibility index (Phi) is 5.27. The maximum absolute atomic E-state index is 12.2. The zero-order valence-corrected chi connectivity index (χ0v) is 13.3. The fourth-order valence-corrected chi connectivity index (χ4v) is 2.34. The van der Waals surface area contributed by atoms with Crippen LogP contribution in [0.15, 0.2) is 29.4 Å². The molecule has 1 aromatic rings. The second kappa shape index (κ2) is 7.17. The number of rotatable bonds is 5. The van der Waals surface area contributed by atoms with E-state index < -0.39 is 0 Å². The molecular formula is C16H22N4O2. The molecule has 0 saturated heterocycles. The summed E-state index contributed by atoms with van der Waals surface area (Å²) < 4.78 is 0. The number of nitrogens with zero attached hydrogens (tertiary/aromatic N) is 3. The molecular weight excluding hydrogens is 280 g/mol. The molecule has 2 amide bonds. The Hall–Kier alpha value is -2.21. The van der Waals surface area contributed by atoms with Crippen molar-refractivity contribution in [2.75, 3.05) is 21.1 Å². The van der Waals surface area contributed by atoms with Crippen LogP contribution in [0.5, 0.6) is 0 Å². The number of carbonyl (C=O) groups excluding carboxylic acids is 2. The standard InChI is InChI=1S/C16H22N4O2/c1-19(2)11-13-7-5-4-6-12(13)10-17-16(22)14-8-9-15(21)20(3)18-14/h4-7H,8-11H2,1-3H3,(H,17,22). The minimum absolute atomic E-state index is 0.0621. The Morgan fingerprint density at radius 3 is 2.59 bits per heavy atom. The minimum atomic E-state index is -0.209. The van der Waals surface area contributed by atoms with Gasteiger partial charge in [-0.05, 0) is 25.2 Å². The number of hydrazone groups is 1. The second-order valence-electron chi connectivity index (χ2n) is 5.65. The van der Waals surface area contributed by atoms with Gasteiger partial charge in [0.15, 0.2) is 0 Å². The first kappa shape index (κ1) is 16.2. The van der Waals surface area contributed by atoms with E-state index in [0.29, 0.717) is 25.1 Å². The van der Waals surface area contributed by atoms with Crippen molar-refractivity contribution >= 4 is 17.5 Å². The largest absolute Gasteiger partial charge is 0.347 e. The van der Waals surface area contributed by atoms with Crippen molar-refractivity contribution in [3.8, 4) is 0 Å². The first-order valence-electron chi connectivity index (χ1n) is 7.31. The molecule has 0 aromatic heterocycles. The molecule has 1 aliphatic rings. The van der Waals surface area contributed by atoms with E-state index in [0.717, 1.165) is 12.1 Å². The molecule has 0 aliphatic carbocycles. The lowest BCUT2D eigenvalue weighted by molar-refractivity contribution is -0.130. The Labute approximate surface area is 130 Å². The lowest BCUT2D eigenvalue weighted by atomic mass is 10.1. The summed E-state index contributed by atoms with van der Waals surface area (Å²) in [6.07, 6.45) is 0.730. The van der Waals surface area contributed by atoms with Gasteiger partial charge in [0.1, 0.15) is 5.71 Å². The molecule has 1 aromatic carbocycles. The molecule has 0 unspecified atom stereocenters. The van der Waals surface area contributed by atoms with E-state index in [2.05, 4.69) is 21.4 Å². The van der Waals surface area contributed by atoms with Crippen molar-refractivity contribution in [1.29, 1.82) is 0 Å². The molecule has 1 heterocycles. The van der Waals surface area contributed by atoms with Gasteiger partial charge in [0.25, 0.3) is 5.91 Å². The molecule has 0 fully saturated rings. The van der Waals surface area contributed by atoms with Crippen LogP contribution in [0, 0.1) is 0 Å². The molecule has 0 atom stereocenters. The first-order valence-corrected chi connectivity index (χ1v) is 7.31. The molecule has 22 heavy (non-hydrogen) atoms. The van der Waals surface area contributed by atoms with Crippen molar-refractivity contribution < 1.29 is 9.59 Å². The summed E-state index contributed by atoms with van der Waals surface area (Å²) in [7, 11) is 5.60. The molecule has 1 aliphatic heterocycles. The second-order valence-corrected chi connectivity index (χ2v) is 5.65. The molecule has 0 radical (unpaired) electrons. The van der Waals surface area contributed by atoms with Gasteiger partial charge in [0.05, 0.1) is 0 Å². The molecule has 118 valence electrons. The quantitative estimate of drug-likeness (QED) is 0.881. The molecule has 0 bridgehead atoms. The normalized spacial score (nSPS) is 15.0. The van der Waals surface area contributed by atoms with Crippen molar-refractivity contribution in [2.45, 2.75) is 25.9 Å². The van der Waals surface area contributed by atoms with Gasteiger partial charge in [-0.1, -0.05) is 24.3 Å². The summed E-state index contributed by atoms with van der Waals surface area (Å²) in [6.45, 7) is 1.28. The average molecular weight is 302 g/mol. The van der Waals surface area contributed by atoms with Crippen LogP contribution >= 0.6 is 0 Å². The van der Waals surface area contributed by atoms with Gasteiger partial charge in [-0.25, -0.2) is 5.01 Å². The maximum Gasteiger partial charge on any atom is 0.267 e. The van der Waals surface area contributed by atoms with E-state index in [1.54, 1.807) is 7.05 Å². The zero-order valence-electron chi connectivity index (χ0n) is 13.3. The van der Waals surface area contributed by atoms with Crippen molar-refractivity contribution in [3.63, 3.8) is 0 Å². The lowest BCUT2D eigenvalue weighted by Crippen LogP contribution is -2.37. The van der Waals surface area contributed by atoms with Crippen molar-refractivity contribution in [1.82, 2.24) is 15.2 Å². The summed E-state index contributed by atoms with van der Waals surface area (Å²) in [6, 6.07) is 8.03. The predicted octanol–water partition coefficient (Wildman–Crippen LogP) is 0.973. The van der Waals surface area contributed by atoms with Gasteiger partial charge in [-0.3, -0.25) is 9.59 Å². The highest BCUT2D eigenvalue weighted by molar-refractivity contribution is 6.39. The van der Waals surface area contributed by atoms with E-state index in [9.17, 15) is 9.59 Å². The molecule has 0 spiro atoms. The van der Waals surface area contributed by atoms with Crippen LogP contribution < -0.4 is 5.32 Å². The number of hydrogen-bond acceptors (Lipinski definition) is 4. The number of carbonyl (C=O) groups is 2. The highest BCUT2D eigenvalue weighted by atomic mass is 16.2. The monoisotopic (exact) mass is 302 g/mol. The topological polar surface area (TPSA) is 65.0 Å². The molecule has 2 rings (SSSR count). The van der Waals surface area contributed by atoms with Crippen LogP contribution in [0.2, 0.25) is 0 Å². The average Bonchev–Trinajstić information content (AvgIpc) is 2.48. The van der Waals surface area contributed by atoms with E-state index in [4.69, 9.17) is 0 Å². The fourth-order valence-electron chi connectivity index (χ4n) is 2.34. The molecule has 0 saturated carbocycles. The summed E-state index contributed by atoms with van der Waals surface area (Å²) in [5.41, 5.74) is 2.68. The first-order chi connectivity index (χ1) is 10.5. The van der Waals surface area contributed by atoms with Gasteiger partial charge in [0, 0.05) is 33.0 Å². The lowest BCUT2D eigenvalue weighted by Gasteiger charge is -2.19. The molecule has 1 N–H and O–H groups in total. The van der Waals surface area contributed by atoms with Gasteiger partial charge < -0.3 is 10.2 Å². The third-order valence-electron chi connectivity index (χ3n) is 3.51. The summed E-state index contributed by atoms with van der Waals surface area (Å²) >= 11 is 0. The van der Waals surface area contributed by atoms with Gasteiger partial charge in [0.2, 0.25) is 5.91 Å². The van der Waals surface area contributed by atoms with Crippen LogP contribution in [0.25, 0.3) is 0 Å². The van der Waals surface area contributed by atoms with Crippen LogP contribution in [0.1, 0.15) is 24.0 Å². The molecule has 6 nitrogen and oxygen atoms in total. The van der Waals surface area contributed by atoms with E-state index in [1.165, 1.54) is 10.6 Å². The minimum Gasteiger partial charge on any atom is -0.347 e. The highest BCUT2D eigenvalue weighted by Gasteiger charge is 2.21. The SMILES string of the molecule is CN(C)Cc1ccccc1CNC(=O)C1=NN(C)C(=O)CC1. The Morgan fingerprint density at radius 1 is 1.27 bits per heavy atom. The zero-order chi connectivity index (χ0) is 16.1. The van der Waals surface area contributed by atoms with Crippen LogP contribution in [-0.2, 0) is 22.7 Å². The molecule has 6 heteroatoms. The third kappa shape index (κ3) is 4.14. The van der Waals surface area contributed by atoms with Crippen LogP contribution in [0.4, 0.5) is 0 Å². The summed E-state index contributed by atoms with van der Waals surface area (Å²) in [5.74, 6) is -0.271. The maximum atomic E-state index is 12.2. The van der Waals surface area contributed by atoms with E-state index >= 15 is 0 Å². The number of benzene rings is 1. The predicted molar refractivity (Wildman–Crippen MR) is 85.1 cm³/mol. The van der Waals surface area contributed by atoms with Gasteiger partial charge >= 0.3 is 0 Å². The number of amides is 2. The number of hydrogen-bond donors (Lipinski definition) is 1.